The Kier molecular flexibility index (Phi) is 4.53. The number of hydrogen-bond donors (Lipinski definition) is 2. The molecule has 0 spiro atoms. The second-order valence-electron chi connectivity index (χ2n) is 4.94. The Bertz CT molecular complexity index is 839. The molecule has 0 amide bonds. The van der Waals surface area contributed by atoms with Gasteiger partial charge < -0.3 is 10.4 Å². The average Bonchev–Trinajstić information content (AvgIpc) is 2.90. The van der Waals surface area contributed by atoms with Crippen LogP contribution in [0.4, 0.5) is 14.6 Å². The maximum atomic E-state index is 14.1. The minimum Gasteiger partial charge on any atom is -0.396 e. The number of aliphatic hydroxyl groups excluding tert-OH is 1. The van der Waals surface area contributed by atoms with E-state index >= 15 is 0 Å². The van der Waals surface area contributed by atoms with E-state index in [1.807, 2.05) is 0 Å². The largest absolute Gasteiger partial charge is 0.396 e. The Morgan fingerprint density at radius 3 is 2.91 bits per heavy atom. The predicted octanol–water partition coefficient (Wildman–Crippen LogP) is 3.31. The van der Waals surface area contributed by atoms with Crippen LogP contribution in [0.25, 0.3) is 5.52 Å². The molecular weight excluding hydrogens is 370 g/mol. The summed E-state index contributed by atoms with van der Waals surface area (Å²) in [6, 6.07) is 2.82. The molecule has 0 aliphatic carbocycles. The van der Waals surface area contributed by atoms with Crippen molar-refractivity contribution < 1.29 is 13.9 Å². The summed E-state index contributed by atoms with van der Waals surface area (Å²) in [5.74, 6) is -0.831. The smallest absolute Gasteiger partial charge is 0.153 e. The van der Waals surface area contributed by atoms with Gasteiger partial charge in [0.25, 0.3) is 0 Å². The summed E-state index contributed by atoms with van der Waals surface area (Å²) in [5.41, 5.74) is 0.956. The normalized spacial score (nSPS) is 12.5. The third kappa shape index (κ3) is 3.18. The minimum absolute atomic E-state index is 0.155. The predicted molar refractivity (Wildman–Crippen MR) is 85.1 cm³/mol. The van der Waals surface area contributed by atoms with Gasteiger partial charge in [-0.1, -0.05) is 6.07 Å². The molecule has 0 saturated carbocycles. The highest BCUT2D eigenvalue weighted by Gasteiger charge is 2.19. The molecule has 120 valence electrons. The molecule has 0 saturated heterocycles. The van der Waals surface area contributed by atoms with Crippen molar-refractivity contribution in [3.63, 3.8) is 0 Å². The molecule has 0 aliphatic rings. The summed E-state index contributed by atoms with van der Waals surface area (Å²) in [5, 5.41) is 16.5. The molecule has 0 radical (unpaired) electrons. The lowest BCUT2D eigenvalue weighted by Crippen LogP contribution is -2.16. The molecule has 23 heavy (non-hydrogen) atoms. The highest BCUT2D eigenvalue weighted by Crippen LogP contribution is 2.29. The van der Waals surface area contributed by atoms with Crippen molar-refractivity contribution in [1.29, 1.82) is 0 Å². The van der Waals surface area contributed by atoms with Gasteiger partial charge in [0.2, 0.25) is 0 Å². The Hall–Kier alpha value is -2.06. The van der Waals surface area contributed by atoms with E-state index in [-0.39, 0.29) is 18.6 Å². The number of fused-ring (bicyclic) bond motifs is 1. The molecule has 1 aromatic carbocycles. The first kappa shape index (κ1) is 15.8. The topological polar surface area (TPSA) is 62.5 Å². The molecule has 0 aliphatic heterocycles. The monoisotopic (exact) mass is 382 g/mol. The maximum Gasteiger partial charge on any atom is 0.153 e. The van der Waals surface area contributed by atoms with Crippen molar-refractivity contribution >= 4 is 27.3 Å². The van der Waals surface area contributed by atoms with Crippen LogP contribution in [-0.2, 0) is 0 Å². The highest BCUT2D eigenvalue weighted by molar-refractivity contribution is 9.10. The minimum atomic E-state index is -0.671. The summed E-state index contributed by atoms with van der Waals surface area (Å²) < 4.78 is 29.5. The number of aliphatic hydroxyl groups is 1. The zero-order chi connectivity index (χ0) is 16.4. The van der Waals surface area contributed by atoms with Gasteiger partial charge in [0.05, 0.1) is 16.7 Å². The second kappa shape index (κ2) is 6.59. The first-order chi connectivity index (χ1) is 11.1. The summed E-state index contributed by atoms with van der Waals surface area (Å²) in [7, 11) is 0. The molecule has 5 nitrogen and oxygen atoms in total. The van der Waals surface area contributed by atoms with Gasteiger partial charge in [-0.3, -0.25) is 0 Å². The molecule has 2 aromatic heterocycles. The van der Waals surface area contributed by atoms with E-state index < -0.39 is 17.7 Å². The zero-order valence-corrected chi connectivity index (χ0v) is 13.5. The summed E-state index contributed by atoms with van der Waals surface area (Å²) in [4.78, 5) is 4.25. The fourth-order valence-corrected chi connectivity index (χ4v) is 2.86. The zero-order valence-electron chi connectivity index (χ0n) is 11.9. The number of benzene rings is 1. The lowest BCUT2D eigenvalue weighted by molar-refractivity contribution is 0.279. The fourth-order valence-electron chi connectivity index (χ4n) is 2.40. The van der Waals surface area contributed by atoms with Crippen LogP contribution in [0.2, 0.25) is 0 Å². The van der Waals surface area contributed by atoms with Crippen molar-refractivity contribution in [2.45, 2.75) is 12.5 Å². The molecule has 0 fully saturated rings. The number of hydrogen-bond acceptors (Lipinski definition) is 4. The Labute approximate surface area is 139 Å². The van der Waals surface area contributed by atoms with Crippen LogP contribution >= 0.6 is 15.9 Å². The maximum absolute atomic E-state index is 14.1. The molecule has 2 heterocycles. The van der Waals surface area contributed by atoms with Crippen LogP contribution in [0.3, 0.4) is 0 Å². The van der Waals surface area contributed by atoms with Gasteiger partial charge >= 0.3 is 0 Å². The van der Waals surface area contributed by atoms with E-state index in [0.717, 1.165) is 10.5 Å². The van der Waals surface area contributed by atoms with Crippen molar-refractivity contribution in [2.75, 3.05) is 11.9 Å². The molecular formula is C15H13BrF2N4O. The fraction of sp³-hybridized carbons (Fsp3) is 0.200. The third-order valence-electron chi connectivity index (χ3n) is 3.45. The van der Waals surface area contributed by atoms with Crippen LogP contribution in [0.1, 0.15) is 18.0 Å². The molecule has 2 N–H and O–H groups in total. The van der Waals surface area contributed by atoms with Gasteiger partial charge in [-0.15, -0.1) is 0 Å². The van der Waals surface area contributed by atoms with Gasteiger partial charge in [0.1, 0.15) is 17.2 Å². The number of rotatable bonds is 5. The van der Waals surface area contributed by atoms with E-state index in [2.05, 4.69) is 31.3 Å². The van der Waals surface area contributed by atoms with E-state index in [1.54, 1.807) is 23.1 Å². The molecule has 0 bridgehead atoms. The van der Waals surface area contributed by atoms with Crippen LogP contribution in [-0.4, -0.2) is 26.3 Å². The highest BCUT2D eigenvalue weighted by atomic mass is 79.9. The van der Waals surface area contributed by atoms with E-state index in [9.17, 15) is 13.9 Å². The van der Waals surface area contributed by atoms with E-state index in [0.29, 0.717) is 11.3 Å². The Balaban J connectivity index is 2.00. The van der Waals surface area contributed by atoms with Crippen molar-refractivity contribution in [1.82, 2.24) is 14.6 Å². The number of nitrogens with one attached hydrogen (secondary N) is 1. The van der Waals surface area contributed by atoms with Crippen molar-refractivity contribution in [3.05, 3.63) is 58.5 Å². The summed E-state index contributed by atoms with van der Waals surface area (Å²) in [6.07, 6.45) is 5.12. The van der Waals surface area contributed by atoms with Gasteiger partial charge in [0, 0.05) is 30.6 Å². The number of aromatic nitrogens is 3. The van der Waals surface area contributed by atoms with Gasteiger partial charge in [-0.25, -0.2) is 18.3 Å². The van der Waals surface area contributed by atoms with Crippen LogP contribution in [0.5, 0.6) is 0 Å². The Morgan fingerprint density at radius 2 is 2.17 bits per heavy atom. The summed E-state index contributed by atoms with van der Waals surface area (Å²) in [6.45, 7) is -0.155. The molecule has 3 aromatic rings. The van der Waals surface area contributed by atoms with Gasteiger partial charge in [0.15, 0.2) is 5.82 Å². The number of halogens is 3. The Morgan fingerprint density at radius 1 is 1.35 bits per heavy atom. The van der Waals surface area contributed by atoms with Gasteiger partial charge in [-0.2, -0.15) is 5.10 Å². The van der Waals surface area contributed by atoms with E-state index in [4.69, 9.17) is 0 Å². The quantitative estimate of drug-likeness (QED) is 0.710. The third-order valence-corrected chi connectivity index (χ3v) is 4.03. The molecule has 8 heteroatoms. The van der Waals surface area contributed by atoms with Crippen molar-refractivity contribution in [2.24, 2.45) is 0 Å². The number of anilines is 1. The second-order valence-corrected chi connectivity index (χ2v) is 5.79. The lowest BCUT2D eigenvalue weighted by atomic mass is 10.0. The SMILES string of the molecule is OCCC(Nc1nccn2ncc(Br)c12)c1ccc(F)cc1F. The first-order valence-electron chi connectivity index (χ1n) is 6.90. The molecule has 3 rings (SSSR count). The van der Waals surface area contributed by atoms with E-state index in [1.165, 1.54) is 12.1 Å². The average molecular weight is 383 g/mol. The van der Waals surface area contributed by atoms with Crippen LogP contribution in [0.15, 0.2) is 41.3 Å². The number of nitrogens with zero attached hydrogens (tertiary/aromatic N) is 3. The first-order valence-corrected chi connectivity index (χ1v) is 7.69. The molecule has 1 atom stereocenters. The van der Waals surface area contributed by atoms with Gasteiger partial charge in [-0.05, 0) is 28.4 Å². The van der Waals surface area contributed by atoms with Crippen molar-refractivity contribution in [3.8, 4) is 0 Å². The van der Waals surface area contributed by atoms with Crippen LogP contribution < -0.4 is 5.32 Å². The lowest BCUT2D eigenvalue weighted by Gasteiger charge is -2.20. The van der Waals surface area contributed by atoms with Crippen LogP contribution in [0, 0.1) is 11.6 Å². The molecule has 1 unspecified atom stereocenters. The summed E-state index contributed by atoms with van der Waals surface area (Å²) >= 11 is 3.39. The standard InChI is InChI=1S/C15H13BrF2N4O/c16-11-8-20-22-5-4-19-15(14(11)22)21-13(3-6-23)10-2-1-9(17)7-12(10)18/h1-2,4-5,7-8,13,23H,3,6H2,(H,19,21).